The summed E-state index contributed by atoms with van der Waals surface area (Å²) in [4.78, 5) is 0.879. The molecule has 0 N–H and O–H groups in total. The monoisotopic (exact) mass is 415 g/mol. The molecule has 0 saturated heterocycles. The van der Waals surface area contributed by atoms with Crippen molar-refractivity contribution in [2.75, 3.05) is 13.2 Å². The highest BCUT2D eigenvalue weighted by atomic mass is 35.5. The van der Waals surface area contributed by atoms with Crippen LogP contribution in [0.25, 0.3) is 16.2 Å². The van der Waals surface area contributed by atoms with E-state index in [1.54, 1.807) is 23.1 Å². The molecule has 0 amide bonds. The molecule has 0 spiro atoms. The molecule has 4 aromatic rings. The van der Waals surface area contributed by atoms with E-state index >= 15 is 0 Å². The number of fused-ring (bicyclic) bond motifs is 2. The fourth-order valence-electron chi connectivity index (χ4n) is 2.94. The topological polar surface area (TPSA) is 48.7 Å². The lowest BCUT2D eigenvalue weighted by molar-refractivity contribution is 0.171. The minimum absolute atomic E-state index is 0.591. The third-order valence-electron chi connectivity index (χ3n) is 4.24. The van der Waals surface area contributed by atoms with E-state index < -0.39 is 0 Å². The Morgan fingerprint density at radius 3 is 2.70 bits per heavy atom. The summed E-state index contributed by atoms with van der Waals surface area (Å²) < 4.78 is 13.3. The van der Waals surface area contributed by atoms with Gasteiger partial charge < -0.3 is 9.47 Å². The number of hydrogen-bond acceptors (Lipinski definition) is 6. The zero-order valence-corrected chi connectivity index (χ0v) is 16.5. The van der Waals surface area contributed by atoms with Gasteiger partial charge in [0.15, 0.2) is 16.7 Å². The van der Waals surface area contributed by atoms with Gasteiger partial charge in [-0.3, -0.25) is 4.40 Å². The van der Waals surface area contributed by atoms with Crippen molar-refractivity contribution >= 4 is 39.7 Å². The predicted octanol–water partition coefficient (Wildman–Crippen LogP) is 5.17. The molecule has 27 heavy (non-hydrogen) atoms. The largest absolute Gasteiger partial charge is 0.486 e. The van der Waals surface area contributed by atoms with Crippen molar-refractivity contribution in [3.63, 3.8) is 0 Å². The molecule has 0 fully saturated rings. The van der Waals surface area contributed by atoms with Crippen LogP contribution in [0.1, 0.15) is 5.56 Å². The molecule has 2 aromatic heterocycles. The normalized spacial score (nSPS) is 13.2. The van der Waals surface area contributed by atoms with Crippen molar-refractivity contribution < 1.29 is 9.47 Å². The van der Waals surface area contributed by atoms with E-state index in [1.165, 1.54) is 0 Å². The van der Waals surface area contributed by atoms with Gasteiger partial charge in [-0.1, -0.05) is 41.6 Å². The van der Waals surface area contributed by atoms with Crippen LogP contribution < -0.4 is 9.47 Å². The summed E-state index contributed by atoms with van der Waals surface area (Å²) in [6.07, 6.45) is 0. The second-order valence-corrected chi connectivity index (χ2v) is 8.21. The molecule has 0 radical (unpaired) electrons. The first-order valence-corrected chi connectivity index (χ1v) is 10.6. The molecule has 136 valence electrons. The van der Waals surface area contributed by atoms with Gasteiger partial charge in [0.25, 0.3) is 0 Å². The van der Waals surface area contributed by atoms with Crippen LogP contribution in [0.3, 0.4) is 0 Å². The maximum atomic E-state index is 6.02. The fraction of sp³-hybridized carbons (Fsp3) is 0.158. The van der Waals surface area contributed by atoms with E-state index in [4.69, 9.17) is 21.1 Å². The molecule has 3 heterocycles. The summed E-state index contributed by atoms with van der Waals surface area (Å²) in [7, 11) is 0. The van der Waals surface area contributed by atoms with Crippen molar-refractivity contribution in [1.82, 2.24) is 14.6 Å². The quantitative estimate of drug-likeness (QED) is 0.430. The lowest BCUT2D eigenvalue weighted by Gasteiger charge is -2.18. The van der Waals surface area contributed by atoms with E-state index in [0.717, 1.165) is 49.2 Å². The second kappa shape index (κ2) is 7.07. The molecular weight excluding hydrogens is 402 g/mol. The van der Waals surface area contributed by atoms with Crippen LogP contribution in [0.4, 0.5) is 0 Å². The maximum Gasteiger partial charge on any atom is 0.217 e. The predicted molar refractivity (Wildman–Crippen MR) is 108 cm³/mol. The molecule has 0 unspecified atom stereocenters. The highest BCUT2D eigenvalue weighted by Gasteiger charge is 2.15. The van der Waals surface area contributed by atoms with Gasteiger partial charge in [0.05, 0.1) is 5.69 Å². The molecule has 5 rings (SSSR count). The Bertz CT molecular complexity index is 1110. The first kappa shape index (κ1) is 16.9. The van der Waals surface area contributed by atoms with Gasteiger partial charge >= 0.3 is 0 Å². The van der Waals surface area contributed by atoms with Gasteiger partial charge in [-0.05, 0) is 35.4 Å². The third-order valence-corrected chi connectivity index (χ3v) is 6.30. The highest BCUT2D eigenvalue weighted by Crippen LogP contribution is 2.34. The highest BCUT2D eigenvalue weighted by molar-refractivity contribution is 7.98. The zero-order chi connectivity index (χ0) is 18.2. The van der Waals surface area contributed by atoms with Gasteiger partial charge in [-0.2, -0.15) is 0 Å². The third kappa shape index (κ3) is 3.26. The van der Waals surface area contributed by atoms with E-state index in [-0.39, 0.29) is 0 Å². The molecule has 8 heteroatoms. The average Bonchev–Trinajstić information content (AvgIpc) is 3.29. The summed E-state index contributed by atoms with van der Waals surface area (Å²) in [5.41, 5.74) is 3.32. The molecule has 0 saturated carbocycles. The molecule has 1 aliphatic rings. The van der Waals surface area contributed by atoms with Gasteiger partial charge in [-0.25, -0.2) is 0 Å². The number of ether oxygens (including phenoxy) is 2. The molecule has 5 nitrogen and oxygen atoms in total. The Morgan fingerprint density at radius 2 is 1.85 bits per heavy atom. The van der Waals surface area contributed by atoms with Crippen LogP contribution in [-0.2, 0) is 5.75 Å². The van der Waals surface area contributed by atoms with Gasteiger partial charge in [0.2, 0.25) is 4.96 Å². The van der Waals surface area contributed by atoms with Gasteiger partial charge in [0, 0.05) is 16.2 Å². The fourth-order valence-corrected chi connectivity index (χ4v) is 4.85. The summed E-state index contributed by atoms with van der Waals surface area (Å²) in [6, 6.07) is 13.9. The molecule has 0 atom stereocenters. The molecular formula is C19H14ClN3O2S2. The first-order chi connectivity index (χ1) is 13.3. The van der Waals surface area contributed by atoms with Gasteiger partial charge in [-0.15, -0.1) is 21.5 Å². The van der Waals surface area contributed by atoms with Crippen LogP contribution in [0.5, 0.6) is 11.5 Å². The van der Waals surface area contributed by atoms with E-state index in [2.05, 4.69) is 26.0 Å². The number of benzene rings is 2. The van der Waals surface area contributed by atoms with E-state index in [0.29, 0.717) is 13.2 Å². The summed E-state index contributed by atoms with van der Waals surface area (Å²) in [6.45, 7) is 1.19. The van der Waals surface area contributed by atoms with Crippen molar-refractivity contribution in [2.24, 2.45) is 0 Å². The summed E-state index contributed by atoms with van der Waals surface area (Å²) in [5.74, 6) is 2.39. The Kier molecular flexibility index (Phi) is 4.43. The minimum Gasteiger partial charge on any atom is -0.486 e. The van der Waals surface area contributed by atoms with Crippen molar-refractivity contribution in [2.45, 2.75) is 10.9 Å². The standard InChI is InChI=1S/C19H14ClN3O2S2/c20-14-4-2-13(3-5-14)15-11-27-19-22-21-18(23(15)19)26-10-12-1-6-16-17(9-12)25-8-7-24-16/h1-6,9,11H,7-8,10H2. The molecule has 1 aliphatic heterocycles. The van der Waals surface area contributed by atoms with Crippen molar-refractivity contribution in [1.29, 1.82) is 0 Å². The minimum atomic E-state index is 0.591. The Hall–Kier alpha value is -2.22. The smallest absolute Gasteiger partial charge is 0.217 e. The van der Waals surface area contributed by atoms with E-state index in [9.17, 15) is 0 Å². The number of hydrogen-bond donors (Lipinski definition) is 0. The Labute approximate surface area is 168 Å². The Balaban J connectivity index is 1.42. The number of thiazole rings is 1. The molecule has 2 aromatic carbocycles. The van der Waals surface area contributed by atoms with E-state index in [1.807, 2.05) is 36.4 Å². The Morgan fingerprint density at radius 1 is 1.04 bits per heavy atom. The number of halogens is 1. The zero-order valence-electron chi connectivity index (χ0n) is 14.1. The lowest BCUT2D eigenvalue weighted by atomic mass is 10.2. The van der Waals surface area contributed by atoms with Crippen LogP contribution in [0.2, 0.25) is 5.02 Å². The first-order valence-electron chi connectivity index (χ1n) is 8.38. The molecule has 0 bridgehead atoms. The maximum absolute atomic E-state index is 6.02. The summed E-state index contributed by atoms with van der Waals surface area (Å²) >= 11 is 9.25. The number of aromatic nitrogens is 3. The van der Waals surface area contributed by atoms with Crippen molar-refractivity contribution in [3.8, 4) is 22.8 Å². The number of rotatable bonds is 4. The van der Waals surface area contributed by atoms with Crippen LogP contribution in [-0.4, -0.2) is 27.8 Å². The lowest BCUT2D eigenvalue weighted by Crippen LogP contribution is -2.15. The van der Waals surface area contributed by atoms with Crippen molar-refractivity contribution in [3.05, 3.63) is 58.4 Å². The second-order valence-electron chi connectivity index (χ2n) is 6.00. The summed E-state index contributed by atoms with van der Waals surface area (Å²) in [5, 5.41) is 12.4. The van der Waals surface area contributed by atoms with Crippen LogP contribution >= 0.6 is 34.7 Å². The number of thioether (sulfide) groups is 1. The number of nitrogens with zero attached hydrogens (tertiary/aromatic N) is 3. The van der Waals surface area contributed by atoms with Gasteiger partial charge in [0.1, 0.15) is 13.2 Å². The van der Waals surface area contributed by atoms with Crippen LogP contribution in [0.15, 0.2) is 53.0 Å². The average molecular weight is 416 g/mol. The molecule has 0 aliphatic carbocycles. The SMILES string of the molecule is Clc1ccc(-c2csc3nnc(SCc4ccc5c(c4)OCCO5)n23)cc1. The van der Waals surface area contributed by atoms with Crippen LogP contribution in [0, 0.1) is 0 Å².